The number of hydrogen-bond acceptors (Lipinski definition) is 7. The minimum absolute atomic E-state index is 0.186. The lowest BCUT2D eigenvalue weighted by molar-refractivity contribution is -0.0704. The molecule has 33 heavy (non-hydrogen) atoms. The van der Waals surface area contributed by atoms with Gasteiger partial charge in [-0.15, -0.1) is 11.3 Å². The van der Waals surface area contributed by atoms with Crippen molar-refractivity contribution in [2.24, 2.45) is 0 Å². The summed E-state index contributed by atoms with van der Waals surface area (Å²) in [5.74, 6) is 1.22. The number of carbonyl (C=O) groups excluding carboxylic acids is 1. The molecule has 8 heteroatoms. The second-order valence-corrected chi connectivity index (χ2v) is 9.06. The summed E-state index contributed by atoms with van der Waals surface area (Å²) in [5.41, 5.74) is 3.30. The van der Waals surface area contributed by atoms with E-state index < -0.39 is 0 Å². The van der Waals surface area contributed by atoms with Crippen molar-refractivity contribution in [1.29, 1.82) is 0 Å². The van der Waals surface area contributed by atoms with Crippen molar-refractivity contribution in [2.45, 2.75) is 32.6 Å². The fraction of sp³-hybridized carbons (Fsp3) is 0.360. The van der Waals surface area contributed by atoms with E-state index in [2.05, 4.69) is 29.0 Å². The lowest BCUT2D eigenvalue weighted by atomic mass is 10.1. The second-order valence-electron chi connectivity index (χ2n) is 8.21. The van der Waals surface area contributed by atoms with Gasteiger partial charge in [-0.05, 0) is 49.7 Å². The highest BCUT2D eigenvalue weighted by Crippen LogP contribution is 2.35. The average molecular weight is 468 g/mol. The third-order valence-electron chi connectivity index (χ3n) is 5.52. The molecule has 0 radical (unpaired) electrons. The maximum Gasteiger partial charge on any atom is 0.257 e. The van der Waals surface area contributed by atoms with E-state index in [0.29, 0.717) is 22.2 Å². The Balaban J connectivity index is 1.41. The topological polar surface area (TPSA) is 72.9 Å². The largest absolute Gasteiger partial charge is 0.497 e. The maximum absolute atomic E-state index is 12.8. The van der Waals surface area contributed by atoms with Crippen molar-refractivity contribution < 1.29 is 19.0 Å². The van der Waals surface area contributed by atoms with E-state index in [1.807, 2.05) is 47.8 Å². The quantitative estimate of drug-likeness (QED) is 0.544. The Morgan fingerprint density at radius 2 is 1.85 bits per heavy atom. The number of rotatable bonds is 7. The van der Waals surface area contributed by atoms with Crippen LogP contribution in [0.15, 0.2) is 47.8 Å². The number of methoxy groups -OCH3 is 2. The maximum atomic E-state index is 12.8. The molecule has 4 rings (SSSR count). The number of carbonyl (C=O) groups is 1. The van der Waals surface area contributed by atoms with Crippen LogP contribution in [0, 0.1) is 0 Å². The summed E-state index contributed by atoms with van der Waals surface area (Å²) in [7, 11) is 3.23. The molecule has 1 aliphatic rings. The lowest BCUT2D eigenvalue weighted by Gasteiger charge is -2.35. The molecule has 0 aliphatic carbocycles. The van der Waals surface area contributed by atoms with Crippen LogP contribution < -0.4 is 14.8 Å². The van der Waals surface area contributed by atoms with Crippen LogP contribution in [0.2, 0.25) is 0 Å². The number of benzene rings is 2. The van der Waals surface area contributed by atoms with Crippen molar-refractivity contribution in [3.8, 4) is 22.8 Å². The van der Waals surface area contributed by atoms with E-state index in [-0.39, 0.29) is 18.1 Å². The number of ether oxygens (including phenoxy) is 3. The number of aromatic nitrogens is 1. The summed E-state index contributed by atoms with van der Waals surface area (Å²) in [6, 6.07) is 13.3. The van der Waals surface area contributed by atoms with Crippen LogP contribution in [-0.2, 0) is 11.3 Å². The van der Waals surface area contributed by atoms with E-state index in [0.717, 1.165) is 30.9 Å². The van der Waals surface area contributed by atoms with Gasteiger partial charge in [0.25, 0.3) is 5.91 Å². The zero-order chi connectivity index (χ0) is 23.4. The monoisotopic (exact) mass is 467 g/mol. The Morgan fingerprint density at radius 1 is 1.12 bits per heavy atom. The third-order valence-corrected chi connectivity index (χ3v) is 6.28. The zero-order valence-electron chi connectivity index (χ0n) is 19.3. The van der Waals surface area contributed by atoms with Crippen molar-refractivity contribution >= 4 is 22.4 Å². The van der Waals surface area contributed by atoms with Crippen molar-refractivity contribution in [3.05, 3.63) is 59.0 Å². The Bertz CT molecular complexity index is 1090. The highest BCUT2D eigenvalue weighted by Gasteiger charge is 2.22. The lowest BCUT2D eigenvalue weighted by Crippen LogP contribution is -2.44. The van der Waals surface area contributed by atoms with Gasteiger partial charge < -0.3 is 14.2 Å². The standard InChI is InChI=1S/C25H29N3O4S/c1-16-12-28(13-17(2)32-16)14-18-5-7-19(8-6-18)24(29)27-25-26-22(15-33-25)21-11-20(30-3)9-10-23(21)31-4/h5-11,15-17H,12-14H2,1-4H3,(H,26,27,29)/t16-,17-/m0/s1. The summed E-state index contributed by atoms with van der Waals surface area (Å²) in [5, 5.41) is 5.31. The Hall–Kier alpha value is -2.94. The first-order valence-corrected chi connectivity index (χ1v) is 11.8. The van der Waals surface area contributed by atoms with Crippen molar-refractivity contribution in [2.75, 3.05) is 32.6 Å². The fourth-order valence-electron chi connectivity index (χ4n) is 4.07. The predicted molar refractivity (Wildman–Crippen MR) is 130 cm³/mol. The van der Waals surface area contributed by atoms with Crippen LogP contribution in [0.25, 0.3) is 11.3 Å². The van der Waals surface area contributed by atoms with Crippen LogP contribution in [0.4, 0.5) is 5.13 Å². The van der Waals surface area contributed by atoms with Crippen LogP contribution in [0.3, 0.4) is 0 Å². The SMILES string of the molecule is COc1ccc(OC)c(-c2csc(NC(=O)c3ccc(CN4C[C@H](C)O[C@@H](C)C4)cc3)n2)c1. The van der Waals surface area contributed by atoms with Gasteiger partial charge in [-0.3, -0.25) is 15.0 Å². The molecule has 0 bridgehead atoms. The summed E-state index contributed by atoms with van der Waals surface area (Å²) in [4.78, 5) is 19.7. The molecule has 1 saturated heterocycles. The molecule has 174 valence electrons. The molecule has 1 amide bonds. The Labute approximate surface area is 198 Å². The van der Waals surface area contributed by atoms with E-state index in [4.69, 9.17) is 14.2 Å². The summed E-state index contributed by atoms with van der Waals surface area (Å²) >= 11 is 1.37. The molecule has 1 N–H and O–H groups in total. The number of hydrogen-bond donors (Lipinski definition) is 1. The van der Waals surface area contributed by atoms with Crippen LogP contribution in [0.1, 0.15) is 29.8 Å². The van der Waals surface area contributed by atoms with Crippen molar-refractivity contribution in [3.63, 3.8) is 0 Å². The Morgan fingerprint density at radius 3 is 2.52 bits per heavy atom. The molecule has 2 atom stereocenters. The number of morpholine rings is 1. The van der Waals surface area contributed by atoms with Gasteiger partial charge >= 0.3 is 0 Å². The highest BCUT2D eigenvalue weighted by atomic mass is 32.1. The van der Waals surface area contributed by atoms with Crippen LogP contribution >= 0.6 is 11.3 Å². The number of nitrogens with zero attached hydrogens (tertiary/aromatic N) is 2. The number of nitrogens with one attached hydrogen (secondary N) is 1. The second kappa shape index (κ2) is 10.3. The van der Waals surface area contributed by atoms with Gasteiger partial charge in [0.15, 0.2) is 5.13 Å². The van der Waals surface area contributed by atoms with Gasteiger partial charge in [-0.25, -0.2) is 4.98 Å². The highest BCUT2D eigenvalue weighted by molar-refractivity contribution is 7.14. The number of amides is 1. The van der Waals surface area contributed by atoms with Gasteiger partial charge in [0, 0.05) is 36.1 Å². The van der Waals surface area contributed by atoms with Gasteiger partial charge in [0.1, 0.15) is 11.5 Å². The normalized spacial score (nSPS) is 18.7. The number of anilines is 1. The van der Waals surface area contributed by atoms with E-state index in [1.165, 1.54) is 16.9 Å². The van der Waals surface area contributed by atoms with Crippen LogP contribution in [0.5, 0.6) is 11.5 Å². The molecular weight excluding hydrogens is 438 g/mol. The minimum atomic E-state index is -0.186. The summed E-state index contributed by atoms with van der Waals surface area (Å²) in [6.07, 6.45) is 0.470. The van der Waals surface area contributed by atoms with Gasteiger partial charge in [-0.2, -0.15) is 0 Å². The fourth-order valence-corrected chi connectivity index (χ4v) is 4.78. The first kappa shape index (κ1) is 23.2. The zero-order valence-corrected chi connectivity index (χ0v) is 20.1. The van der Waals surface area contributed by atoms with Gasteiger partial charge in [0.05, 0.1) is 32.1 Å². The smallest absolute Gasteiger partial charge is 0.257 e. The molecule has 0 saturated carbocycles. The molecule has 2 aromatic carbocycles. The minimum Gasteiger partial charge on any atom is -0.497 e. The molecule has 1 aliphatic heterocycles. The van der Waals surface area contributed by atoms with Gasteiger partial charge in [-0.1, -0.05) is 12.1 Å². The van der Waals surface area contributed by atoms with Crippen molar-refractivity contribution in [1.82, 2.24) is 9.88 Å². The summed E-state index contributed by atoms with van der Waals surface area (Å²) < 4.78 is 16.6. The molecule has 0 unspecified atom stereocenters. The summed E-state index contributed by atoms with van der Waals surface area (Å²) in [6.45, 7) is 6.88. The van der Waals surface area contributed by atoms with Gasteiger partial charge in [0.2, 0.25) is 0 Å². The molecule has 1 aromatic heterocycles. The first-order valence-electron chi connectivity index (χ1n) is 10.9. The number of thiazole rings is 1. The third kappa shape index (κ3) is 5.71. The molecule has 0 spiro atoms. The first-order chi connectivity index (χ1) is 15.9. The molecule has 2 heterocycles. The Kier molecular flexibility index (Phi) is 7.27. The van der Waals surface area contributed by atoms with E-state index in [9.17, 15) is 4.79 Å². The average Bonchev–Trinajstić information content (AvgIpc) is 3.26. The molecular formula is C25H29N3O4S. The van der Waals surface area contributed by atoms with Crippen LogP contribution in [-0.4, -0.2) is 55.3 Å². The van der Waals surface area contributed by atoms with E-state index in [1.54, 1.807) is 14.2 Å². The molecule has 3 aromatic rings. The molecule has 1 fully saturated rings. The van der Waals surface area contributed by atoms with E-state index >= 15 is 0 Å². The molecule has 7 nitrogen and oxygen atoms in total. The predicted octanol–water partition coefficient (Wildman–Crippen LogP) is 4.69.